The third kappa shape index (κ3) is 4.12. The van der Waals surface area contributed by atoms with Gasteiger partial charge >= 0.3 is 0 Å². The smallest absolute Gasteiger partial charge is 0.129 e. The molecular formula is C18H29ClN2. The first-order chi connectivity index (χ1) is 9.95. The summed E-state index contributed by atoms with van der Waals surface area (Å²) < 4.78 is 0. The van der Waals surface area contributed by atoms with Gasteiger partial charge in [-0.3, -0.25) is 0 Å². The minimum absolute atomic E-state index is 0.0624. The van der Waals surface area contributed by atoms with Crippen LogP contribution in [-0.2, 0) is 11.3 Å². The van der Waals surface area contributed by atoms with E-state index in [1.54, 1.807) is 0 Å². The van der Waals surface area contributed by atoms with Gasteiger partial charge in [-0.1, -0.05) is 34.1 Å². The van der Waals surface area contributed by atoms with Gasteiger partial charge in [-0.05, 0) is 43.4 Å². The molecule has 1 aromatic rings. The van der Waals surface area contributed by atoms with Crippen LogP contribution in [0.5, 0.6) is 0 Å². The van der Waals surface area contributed by atoms with E-state index in [0.717, 1.165) is 18.1 Å². The van der Waals surface area contributed by atoms with Gasteiger partial charge in [0.15, 0.2) is 0 Å². The number of piperidine rings is 1. The molecule has 2 nitrogen and oxygen atoms in total. The highest BCUT2D eigenvalue weighted by Gasteiger charge is 2.25. The highest BCUT2D eigenvalue weighted by molar-refractivity contribution is 6.17. The van der Waals surface area contributed by atoms with Crippen LogP contribution in [0.2, 0.25) is 0 Å². The average molecular weight is 309 g/mol. The van der Waals surface area contributed by atoms with E-state index in [4.69, 9.17) is 16.6 Å². The largest absolute Gasteiger partial charge is 0.354 e. The van der Waals surface area contributed by atoms with E-state index in [0.29, 0.717) is 11.9 Å². The third-order valence-electron chi connectivity index (χ3n) is 4.34. The lowest BCUT2D eigenvalue weighted by molar-refractivity contribution is 0.430. The van der Waals surface area contributed by atoms with E-state index < -0.39 is 0 Å². The van der Waals surface area contributed by atoms with Crippen LogP contribution < -0.4 is 4.90 Å². The van der Waals surface area contributed by atoms with Gasteiger partial charge < -0.3 is 4.90 Å². The van der Waals surface area contributed by atoms with Crippen molar-refractivity contribution in [3.63, 3.8) is 0 Å². The molecule has 0 amide bonds. The Kier molecular flexibility index (Phi) is 5.54. The number of aromatic nitrogens is 1. The molecule has 0 saturated carbocycles. The Balaban J connectivity index is 2.36. The van der Waals surface area contributed by atoms with Gasteiger partial charge in [0.25, 0.3) is 0 Å². The molecule has 118 valence electrons. The monoisotopic (exact) mass is 308 g/mol. The molecule has 3 heteroatoms. The lowest BCUT2D eigenvalue weighted by Crippen LogP contribution is -2.40. The van der Waals surface area contributed by atoms with Crippen molar-refractivity contribution in [1.82, 2.24) is 4.98 Å². The molecule has 0 bridgehead atoms. The second-order valence-electron chi connectivity index (χ2n) is 7.23. The summed E-state index contributed by atoms with van der Waals surface area (Å²) in [5.41, 5.74) is 2.40. The molecule has 1 aromatic heterocycles. The third-order valence-corrected chi connectivity index (χ3v) is 4.65. The van der Waals surface area contributed by atoms with Gasteiger partial charge in [0, 0.05) is 29.6 Å². The van der Waals surface area contributed by atoms with Crippen LogP contribution in [0.4, 0.5) is 5.82 Å². The summed E-state index contributed by atoms with van der Waals surface area (Å²) in [6.07, 6.45) is 6.42. The average Bonchev–Trinajstić information content (AvgIpc) is 2.47. The van der Waals surface area contributed by atoms with Crippen molar-refractivity contribution >= 4 is 17.4 Å². The quantitative estimate of drug-likeness (QED) is 0.704. The molecule has 1 saturated heterocycles. The lowest BCUT2D eigenvalue weighted by Gasteiger charge is -2.37. The molecule has 0 spiro atoms. The normalized spacial score (nSPS) is 19.9. The topological polar surface area (TPSA) is 16.1 Å². The Morgan fingerprint density at radius 1 is 1.29 bits per heavy atom. The first-order valence-electron chi connectivity index (χ1n) is 8.29. The van der Waals surface area contributed by atoms with Crippen LogP contribution in [0.15, 0.2) is 12.1 Å². The van der Waals surface area contributed by atoms with Crippen molar-refractivity contribution in [2.24, 2.45) is 0 Å². The maximum atomic E-state index is 6.11. The maximum Gasteiger partial charge on any atom is 0.129 e. The molecular weight excluding hydrogens is 280 g/mol. The number of rotatable bonds is 4. The minimum Gasteiger partial charge on any atom is -0.354 e. The standard InChI is InChI=1S/C18H29ClN2/c1-5-8-15-9-6-7-10-21(15)17-12-14(13-19)11-16(20-17)18(2,3)4/h11-12,15H,5-10,13H2,1-4H3. The highest BCUT2D eigenvalue weighted by Crippen LogP contribution is 2.30. The Bertz CT molecular complexity index is 463. The number of anilines is 1. The van der Waals surface area contributed by atoms with Crippen molar-refractivity contribution in [3.05, 3.63) is 23.4 Å². The Hall–Kier alpha value is -0.760. The summed E-state index contributed by atoms with van der Waals surface area (Å²) in [6, 6.07) is 5.00. The zero-order valence-corrected chi connectivity index (χ0v) is 14.7. The Morgan fingerprint density at radius 3 is 2.67 bits per heavy atom. The first kappa shape index (κ1) is 16.6. The molecule has 0 aliphatic carbocycles. The van der Waals surface area contributed by atoms with Gasteiger partial charge in [0.2, 0.25) is 0 Å². The van der Waals surface area contributed by atoms with Crippen LogP contribution >= 0.6 is 11.6 Å². The lowest BCUT2D eigenvalue weighted by atomic mass is 9.90. The summed E-state index contributed by atoms with van der Waals surface area (Å²) in [5.74, 6) is 1.70. The van der Waals surface area contributed by atoms with Crippen molar-refractivity contribution in [1.29, 1.82) is 0 Å². The second kappa shape index (κ2) is 7.00. The maximum absolute atomic E-state index is 6.11. The summed E-state index contributed by atoms with van der Waals surface area (Å²) in [4.78, 5) is 7.50. The Labute approximate surface area is 134 Å². The number of hydrogen-bond acceptors (Lipinski definition) is 2. The minimum atomic E-state index is 0.0624. The molecule has 1 fully saturated rings. The second-order valence-corrected chi connectivity index (χ2v) is 7.50. The van der Waals surface area contributed by atoms with E-state index in [9.17, 15) is 0 Å². The van der Waals surface area contributed by atoms with E-state index in [-0.39, 0.29) is 5.41 Å². The van der Waals surface area contributed by atoms with Gasteiger partial charge in [-0.2, -0.15) is 0 Å². The van der Waals surface area contributed by atoms with E-state index in [1.807, 2.05) is 0 Å². The zero-order valence-electron chi connectivity index (χ0n) is 14.0. The highest BCUT2D eigenvalue weighted by atomic mass is 35.5. The molecule has 1 atom stereocenters. The predicted octanol–water partition coefficient (Wildman–Crippen LogP) is 5.28. The molecule has 1 aliphatic rings. The molecule has 0 aromatic carbocycles. The molecule has 2 heterocycles. The van der Waals surface area contributed by atoms with E-state index in [2.05, 4.69) is 44.7 Å². The summed E-state index contributed by atoms with van der Waals surface area (Å²) in [5, 5.41) is 0. The number of nitrogens with zero attached hydrogens (tertiary/aromatic N) is 2. The SMILES string of the molecule is CCCC1CCCCN1c1cc(CCl)cc(C(C)(C)C)n1. The fraction of sp³-hybridized carbons (Fsp3) is 0.722. The van der Waals surface area contributed by atoms with Gasteiger partial charge in [0.05, 0.1) is 0 Å². The molecule has 1 unspecified atom stereocenters. The van der Waals surface area contributed by atoms with E-state index >= 15 is 0 Å². The van der Waals surface area contributed by atoms with Crippen LogP contribution in [0.3, 0.4) is 0 Å². The van der Waals surface area contributed by atoms with E-state index in [1.165, 1.54) is 37.7 Å². The predicted molar refractivity (Wildman–Crippen MR) is 92.4 cm³/mol. The van der Waals surface area contributed by atoms with Crippen LogP contribution in [0.25, 0.3) is 0 Å². The zero-order chi connectivity index (χ0) is 15.5. The number of hydrogen-bond donors (Lipinski definition) is 0. The van der Waals surface area contributed by atoms with Crippen LogP contribution in [0.1, 0.15) is 71.1 Å². The number of alkyl halides is 1. The van der Waals surface area contributed by atoms with Gasteiger partial charge in [-0.25, -0.2) is 4.98 Å². The molecule has 0 radical (unpaired) electrons. The Morgan fingerprint density at radius 2 is 2.05 bits per heavy atom. The van der Waals surface area contributed by atoms with Crippen molar-refractivity contribution in [3.8, 4) is 0 Å². The van der Waals surface area contributed by atoms with Crippen molar-refractivity contribution in [2.75, 3.05) is 11.4 Å². The van der Waals surface area contributed by atoms with Crippen LogP contribution in [-0.4, -0.2) is 17.6 Å². The first-order valence-corrected chi connectivity index (χ1v) is 8.83. The summed E-state index contributed by atoms with van der Waals surface area (Å²) >= 11 is 6.11. The van der Waals surface area contributed by atoms with Gasteiger partial charge in [-0.15, -0.1) is 11.6 Å². The fourth-order valence-electron chi connectivity index (χ4n) is 3.12. The number of pyridine rings is 1. The molecule has 2 rings (SSSR count). The van der Waals surface area contributed by atoms with Crippen molar-refractivity contribution in [2.45, 2.75) is 77.1 Å². The summed E-state index contributed by atoms with van der Waals surface area (Å²) in [7, 11) is 0. The fourth-order valence-corrected chi connectivity index (χ4v) is 3.27. The van der Waals surface area contributed by atoms with Crippen LogP contribution in [0, 0.1) is 0 Å². The summed E-state index contributed by atoms with van der Waals surface area (Å²) in [6.45, 7) is 10.1. The van der Waals surface area contributed by atoms with Gasteiger partial charge in [0.1, 0.15) is 5.82 Å². The van der Waals surface area contributed by atoms with Crippen molar-refractivity contribution < 1.29 is 0 Å². The number of halogens is 1. The molecule has 0 N–H and O–H groups in total. The molecule has 21 heavy (non-hydrogen) atoms. The molecule has 1 aliphatic heterocycles.